The number of rotatable bonds is 6. The van der Waals surface area contributed by atoms with Crippen LogP contribution in [-0.4, -0.2) is 32.8 Å². The van der Waals surface area contributed by atoms with Crippen LogP contribution in [0.3, 0.4) is 0 Å². The summed E-state index contributed by atoms with van der Waals surface area (Å²) >= 11 is 0. The molecule has 23 heavy (non-hydrogen) atoms. The fourth-order valence-corrected chi connectivity index (χ4v) is 2.98. The third kappa shape index (κ3) is 4.57. The SMILES string of the molecule is CC(CNCc1ccc(N2CCOCC2)cc1)c1ccccc1. The molecule has 1 N–H and O–H groups in total. The van der Waals surface area contributed by atoms with Crippen LogP contribution in [0.4, 0.5) is 5.69 Å². The fourth-order valence-electron chi connectivity index (χ4n) is 2.98. The Morgan fingerprint density at radius 3 is 2.39 bits per heavy atom. The molecule has 0 amide bonds. The summed E-state index contributed by atoms with van der Waals surface area (Å²) in [5, 5.41) is 3.57. The highest BCUT2D eigenvalue weighted by Crippen LogP contribution is 2.17. The van der Waals surface area contributed by atoms with E-state index in [1.165, 1.54) is 16.8 Å². The third-order valence-electron chi connectivity index (χ3n) is 4.46. The minimum atomic E-state index is 0.531. The maximum Gasteiger partial charge on any atom is 0.0642 e. The lowest BCUT2D eigenvalue weighted by molar-refractivity contribution is 0.122. The molecule has 1 atom stereocenters. The standard InChI is InChI=1S/C20H26N2O/c1-17(19-5-3-2-4-6-19)15-21-16-18-7-9-20(10-8-18)22-11-13-23-14-12-22/h2-10,17,21H,11-16H2,1H3. The summed E-state index contributed by atoms with van der Waals surface area (Å²) in [6, 6.07) is 19.6. The van der Waals surface area contributed by atoms with E-state index in [9.17, 15) is 0 Å². The van der Waals surface area contributed by atoms with Crippen LogP contribution in [0.5, 0.6) is 0 Å². The van der Waals surface area contributed by atoms with Crippen LogP contribution in [0, 0.1) is 0 Å². The Morgan fingerprint density at radius 2 is 1.70 bits per heavy atom. The lowest BCUT2D eigenvalue weighted by atomic mass is 10.0. The number of benzene rings is 2. The van der Waals surface area contributed by atoms with Crippen molar-refractivity contribution in [2.45, 2.75) is 19.4 Å². The highest BCUT2D eigenvalue weighted by molar-refractivity contribution is 5.47. The van der Waals surface area contributed by atoms with Crippen LogP contribution in [0.2, 0.25) is 0 Å². The van der Waals surface area contributed by atoms with Crippen LogP contribution in [-0.2, 0) is 11.3 Å². The molecule has 1 fully saturated rings. The highest BCUT2D eigenvalue weighted by atomic mass is 16.5. The maximum absolute atomic E-state index is 5.41. The molecule has 1 saturated heterocycles. The Kier molecular flexibility index (Phi) is 5.67. The molecule has 1 aliphatic heterocycles. The van der Waals surface area contributed by atoms with E-state index in [1.54, 1.807) is 0 Å². The second-order valence-corrected chi connectivity index (χ2v) is 6.21. The van der Waals surface area contributed by atoms with E-state index in [0.717, 1.165) is 39.4 Å². The van der Waals surface area contributed by atoms with Gasteiger partial charge in [0.2, 0.25) is 0 Å². The Morgan fingerprint density at radius 1 is 1.00 bits per heavy atom. The summed E-state index contributed by atoms with van der Waals surface area (Å²) < 4.78 is 5.41. The van der Waals surface area contributed by atoms with Gasteiger partial charge in [0, 0.05) is 31.9 Å². The van der Waals surface area contributed by atoms with Crippen LogP contribution < -0.4 is 10.2 Å². The first-order valence-corrected chi connectivity index (χ1v) is 8.50. The molecule has 3 heteroatoms. The van der Waals surface area contributed by atoms with E-state index in [-0.39, 0.29) is 0 Å². The van der Waals surface area contributed by atoms with E-state index >= 15 is 0 Å². The number of morpholine rings is 1. The predicted octanol–water partition coefficient (Wildman–Crippen LogP) is 3.42. The van der Waals surface area contributed by atoms with E-state index < -0.39 is 0 Å². The summed E-state index contributed by atoms with van der Waals surface area (Å²) in [6.07, 6.45) is 0. The molecule has 0 bridgehead atoms. The van der Waals surface area contributed by atoms with Gasteiger partial charge in [-0.3, -0.25) is 0 Å². The van der Waals surface area contributed by atoms with Crippen molar-refractivity contribution < 1.29 is 4.74 Å². The van der Waals surface area contributed by atoms with E-state index in [2.05, 4.69) is 71.7 Å². The number of ether oxygens (including phenoxy) is 1. The van der Waals surface area contributed by atoms with Crippen LogP contribution in [0.25, 0.3) is 0 Å². The molecular formula is C20H26N2O. The molecular weight excluding hydrogens is 284 g/mol. The van der Waals surface area contributed by atoms with E-state index in [1.807, 2.05) is 0 Å². The first kappa shape index (κ1) is 16.0. The molecule has 3 nitrogen and oxygen atoms in total. The summed E-state index contributed by atoms with van der Waals surface area (Å²) in [4.78, 5) is 2.39. The fraction of sp³-hybridized carbons (Fsp3) is 0.400. The van der Waals surface area contributed by atoms with Gasteiger partial charge in [-0.25, -0.2) is 0 Å². The summed E-state index contributed by atoms with van der Waals surface area (Å²) in [5.41, 5.74) is 4.03. The van der Waals surface area contributed by atoms with Gasteiger partial charge >= 0.3 is 0 Å². The van der Waals surface area contributed by atoms with Gasteiger partial charge in [-0.15, -0.1) is 0 Å². The van der Waals surface area contributed by atoms with Gasteiger partial charge in [0.25, 0.3) is 0 Å². The Bertz CT molecular complexity index is 576. The van der Waals surface area contributed by atoms with Crippen LogP contribution in [0.1, 0.15) is 24.0 Å². The molecule has 0 radical (unpaired) electrons. The number of hydrogen-bond donors (Lipinski definition) is 1. The number of anilines is 1. The van der Waals surface area contributed by atoms with Crippen molar-refractivity contribution in [3.63, 3.8) is 0 Å². The molecule has 0 spiro atoms. The Balaban J connectivity index is 1.47. The van der Waals surface area contributed by atoms with Crippen LogP contribution >= 0.6 is 0 Å². The monoisotopic (exact) mass is 310 g/mol. The maximum atomic E-state index is 5.41. The first-order chi connectivity index (χ1) is 11.3. The Labute approximate surface area is 139 Å². The average Bonchev–Trinajstić information content (AvgIpc) is 2.64. The molecule has 1 heterocycles. The summed E-state index contributed by atoms with van der Waals surface area (Å²) in [5.74, 6) is 0.531. The van der Waals surface area contributed by atoms with E-state index in [0.29, 0.717) is 5.92 Å². The van der Waals surface area contributed by atoms with Crippen molar-refractivity contribution in [2.75, 3.05) is 37.7 Å². The second kappa shape index (κ2) is 8.14. The van der Waals surface area contributed by atoms with Crippen molar-refractivity contribution >= 4 is 5.69 Å². The number of nitrogens with zero attached hydrogens (tertiary/aromatic N) is 1. The molecule has 1 unspecified atom stereocenters. The first-order valence-electron chi connectivity index (χ1n) is 8.50. The van der Waals surface area contributed by atoms with Gasteiger partial charge in [-0.05, 0) is 29.2 Å². The minimum Gasteiger partial charge on any atom is -0.378 e. The van der Waals surface area contributed by atoms with Crippen molar-refractivity contribution in [2.24, 2.45) is 0 Å². The lowest BCUT2D eigenvalue weighted by Gasteiger charge is -2.28. The van der Waals surface area contributed by atoms with Crippen LogP contribution in [0.15, 0.2) is 54.6 Å². The topological polar surface area (TPSA) is 24.5 Å². The molecule has 122 valence electrons. The van der Waals surface area contributed by atoms with Gasteiger partial charge in [0.15, 0.2) is 0 Å². The smallest absolute Gasteiger partial charge is 0.0642 e. The molecule has 1 aliphatic rings. The molecule has 2 aromatic rings. The lowest BCUT2D eigenvalue weighted by Crippen LogP contribution is -2.36. The molecule has 3 rings (SSSR count). The third-order valence-corrected chi connectivity index (χ3v) is 4.46. The summed E-state index contributed by atoms with van der Waals surface area (Å²) in [6.45, 7) is 7.83. The molecule has 2 aromatic carbocycles. The van der Waals surface area contributed by atoms with Gasteiger partial charge in [-0.2, -0.15) is 0 Å². The van der Waals surface area contributed by atoms with Gasteiger partial charge in [-0.1, -0.05) is 49.4 Å². The number of hydrogen-bond acceptors (Lipinski definition) is 3. The van der Waals surface area contributed by atoms with Gasteiger partial charge < -0.3 is 15.0 Å². The predicted molar refractivity (Wildman–Crippen MR) is 96.0 cm³/mol. The quantitative estimate of drug-likeness (QED) is 0.885. The van der Waals surface area contributed by atoms with Crippen molar-refractivity contribution in [1.82, 2.24) is 5.32 Å². The zero-order valence-corrected chi connectivity index (χ0v) is 13.9. The van der Waals surface area contributed by atoms with Crippen molar-refractivity contribution in [1.29, 1.82) is 0 Å². The van der Waals surface area contributed by atoms with Gasteiger partial charge in [0.05, 0.1) is 13.2 Å². The molecule has 0 aliphatic carbocycles. The highest BCUT2D eigenvalue weighted by Gasteiger charge is 2.10. The molecule has 0 aromatic heterocycles. The normalized spacial score (nSPS) is 16.3. The zero-order valence-electron chi connectivity index (χ0n) is 13.9. The average molecular weight is 310 g/mol. The minimum absolute atomic E-state index is 0.531. The Hall–Kier alpha value is -1.84. The zero-order chi connectivity index (χ0) is 15.9. The van der Waals surface area contributed by atoms with Crippen molar-refractivity contribution in [3.8, 4) is 0 Å². The second-order valence-electron chi connectivity index (χ2n) is 6.21. The number of nitrogens with one attached hydrogen (secondary N) is 1. The largest absolute Gasteiger partial charge is 0.378 e. The summed E-state index contributed by atoms with van der Waals surface area (Å²) in [7, 11) is 0. The van der Waals surface area contributed by atoms with Crippen molar-refractivity contribution in [3.05, 3.63) is 65.7 Å². The van der Waals surface area contributed by atoms with Gasteiger partial charge in [0.1, 0.15) is 0 Å². The van der Waals surface area contributed by atoms with E-state index in [4.69, 9.17) is 4.74 Å². The molecule has 0 saturated carbocycles.